The Morgan fingerprint density at radius 2 is 2.24 bits per heavy atom. The van der Waals surface area contributed by atoms with Crippen LogP contribution in [0.15, 0.2) is 0 Å². The number of nitrogens with zero attached hydrogens (tertiary/aromatic N) is 3. The van der Waals surface area contributed by atoms with Gasteiger partial charge < -0.3 is 14.5 Å². The third-order valence-corrected chi connectivity index (χ3v) is 3.75. The second-order valence-corrected chi connectivity index (χ2v) is 5.37. The number of piperidine rings is 1. The number of rotatable bonds is 7. The average Bonchev–Trinajstić information content (AvgIpc) is 2.50. The van der Waals surface area contributed by atoms with Crippen LogP contribution < -0.4 is 0 Å². The first-order valence-electron chi connectivity index (χ1n) is 7.58. The number of carbonyl (C=O) groups is 2. The molecule has 1 fully saturated rings. The Labute approximate surface area is 126 Å². The summed E-state index contributed by atoms with van der Waals surface area (Å²) in [6.45, 7) is 4.96. The summed E-state index contributed by atoms with van der Waals surface area (Å²) in [5.74, 6) is -0.145. The van der Waals surface area contributed by atoms with Gasteiger partial charge in [0.2, 0.25) is 5.91 Å². The number of ether oxygens (including phenoxy) is 1. The van der Waals surface area contributed by atoms with Gasteiger partial charge in [0.05, 0.1) is 25.0 Å². The normalized spacial score (nSPS) is 18.8. The zero-order chi connectivity index (χ0) is 15.7. The molecule has 1 rings (SSSR count). The molecule has 118 valence electrons. The van der Waals surface area contributed by atoms with E-state index in [1.54, 1.807) is 11.9 Å². The molecule has 6 heteroatoms. The van der Waals surface area contributed by atoms with Crippen molar-refractivity contribution in [1.82, 2.24) is 9.80 Å². The third kappa shape index (κ3) is 6.13. The first-order chi connectivity index (χ1) is 10.1. The van der Waals surface area contributed by atoms with Gasteiger partial charge in [0.25, 0.3) is 0 Å². The lowest BCUT2D eigenvalue weighted by Gasteiger charge is -2.31. The number of nitriles is 1. The van der Waals surface area contributed by atoms with Gasteiger partial charge >= 0.3 is 5.97 Å². The summed E-state index contributed by atoms with van der Waals surface area (Å²) in [5, 5.41) is 8.52. The van der Waals surface area contributed by atoms with Crippen molar-refractivity contribution in [2.75, 3.05) is 39.8 Å². The van der Waals surface area contributed by atoms with Gasteiger partial charge in [0.15, 0.2) is 0 Å². The van der Waals surface area contributed by atoms with Gasteiger partial charge in [-0.2, -0.15) is 5.26 Å². The molecule has 0 aromatic heterocycles. The highest BCUT2D eigenvalue weighted by atomic mass is 16.5. The SMILES string of the molecule is CCOC(=O)[C@H]1CCCN(CCC(=O)N(C)CCC#N)C1. The Morgan fingerprint density at radius 1 is 1.48 bits per heavy atom. The molecule has 0 spiro atoms. The minimum absolute atomic E-state index is 0.0449. The molecule has 0 unspecified atom stereocenters. The first kappa shape index (κ1) is 17.4. The lowest BCUT2D eigenvalue weighted by atomic mass is 9.98. The van der Waals surface area contributed by atoms with Crippen LogP contribution >= 0.6 is 0 Å². The molecule has 0 radical (unpaired) electrons. The number of carbonyl (C=O) groups excluding carboxylic acids is 2. The molecule has 1 aliphatic heterocycles. The monoisotopic (exact) mass is 295 g/mol. The third-order valence-electron chi connectivity index (χ3n) is 3.75. The molecule has 0 saturated carbocycles. The van der Waals surface area contributed by atoms with Gasteiger partial charge in [0.1, 0.15) is 0 Å². The average molecular weight is 295 g/mol. The van der Waals surface area contributed by atoms with Crippen molar-refractivity contribution in [2.24, 2.45) is 5.92 Å². The number of hydrogen-bond donors (Lipinski definition) is 0. The van der Waals surface area contributed by atoms with Crippen molar-refractivity contribution in [3.05, 3.63) is 0 Å². The van der Waals surface area contributed by atoms with Gasteiger partial charge in [-0.1, -0.05) is 0 Å². The Kier molecular flexibility index (Phi) is 7.76. The Bertz CT molecular complexity index is 392. The van der Waals surface area contributed by atoms with Crippen LogP contribution in [0.2, 0.25) is 0 Å². The van der Waals surface area contributed by atoms with Crippen LogP contribution in [0.3, 0.4) is 0 Å². The fourth-order valence-corrected chi connectivity index (χ4v) is 2.50. The van der Waals surface area contributed by atoms with Crippen LogP contribution in [0.4, 0.5) is 0 Å². The maximum Gasteiger partial charge on any atom is 0.310 e. The second kappa shape index (κ2) is 9.35. The van der Waals surface area contributed by atoms with Gasteiger partial charge in [-0.3, -0.25) is 9.59 Å². The molecule has 0 aromatic carbocycles. The van der Waals surface area contributed by atoms with Crippen LogP contribution in [-0.4, -0.2) is 61.5 Å². The topological polar surface area (TPSA) is 73.6 Å². The van der Waals surface area contributed by atoms with E-state index in [0.717, 1.165) is 19.4 Å². The number of amides is 1. The number of likely N-dealkylation sites (tertiary alicyclic amines) is 1. The van der Waals surface area contributed by atoms with Crippen molar-refractivity contribution in [1.29, 1.82) is 5.26 Å². The highest BCUT2D eigenvalue weighted by molar-refractivity contribution is 5.76. The highest BCUT2D eigenvalue weighted by Gasteiger charge is 2.27. The molecule has 0 aliphatic carbocycles. The van der Waals surface area contributed by atoms with Gasteiger partial charge in [-0.05, 0) is 26.3 Å². The van der Waals surface area contributed by atoms with Crippen LogP contribution in [0.25, 0.3) is 0 Å². The van der Waals surface area contributed by atoms with E-state index in [-0.39, 0.29) is 17.8 Å². The smallest absolute Gasteiger partial charge is 0.310 e. The van der Waals surface area contributed by atoms with E-state index in [1.165, 1.54) is 0 Å². The first-order valence-corrected chi connectivity index (χ1v) is 7.58. The van der Waals surface area contributed by atoms with E-state index in [1.807, 2.05) is 13.0 Å². The van der Waals surface area contributed by atoms with Crippen molar-refractivity contribution in [2.45, 2.75) is 32.6 Å². The van der Waals surface area contributed by atoms with Crippen LogP contribution in [0.5, 0.6) is 0 Å². The Morgan fingerprint density at radius 3 is 2.90 bits per heavy atom. The minimum Gasteiger partial charge on any atom is -0.466 e. The fourth-order valence-electron chi connectivity index (χ4n) is 2.50. The largest absolute Gasteiger partial charge is 0.466 e. The molecule has 0 N–H and O–H groups in total. The molecular weight excluding hydrogens is 270 g/mol. The quantitative estimate of drug-likeness (QED) is 0.656. The van der Waals surface area contributed by atoms with Gasteiger partial charge in [-0.15, -0.1) is 0 Å². The summed E-state index contributed by atoms with van der Waals surface area (Å²) in [6, 6.07) is 2.03. The zero-order valence-electron chi connectivity index (χ0n) is 13.0. The van der Waals surface area contributed by atoms with E-state index in [9.17, 15) is 9.59 Å². The molecule has 1 aliphatic rings. The molecule has 1 saturated heterocycles. The molecule has 6 nitrogen and oxygen atoms in total. The zero-order valence-corrected chi connectivity index (χ0v) is 13.0. The Balaban J connectivity index is 2.33. The summed E-state index contributed by atoms with van der Waals surface area (Å²) in [7, 11) is 1.72. The molecule has 1 atom stereocenters. The summed E-state index contributed by atoms with van der Waals surface area (Å²) in [6.07, 6.45) is 2.61. The maximum atomic E-state index is 11.9. The fraction of sp³-hybridized carbons (Fsp3) is 0.800. The maximum absolute atomic E-state index is 11.9. The standard InChI is InChI=1S/C15H25N3O3/c1-3-21-15(20)13-6-4-10-18(12-13)11-7-14(19)17(2)9-5-8-16/h13H,3-7,9-12H2,1-2H3/t13-/m0/s1. The van der Waals surface area contributed by atoms with E-state index in [0.29, 0.717) is 39.1 Å². The van der Waals surface area contributed by atoms with Crippen molar-refractivity contribution < 1.29 is 14.3 Å². The minimum atomic E-state index is -0.125. The predicted molar refractivity (Wildman–Crippen MR) is 78.3 cm³/mol. The number of hydrogen-bond acceptors (Lipinski definition) is 5. The second-order valence-electron chi connectivity index (χ2n) is 5.37. The molecular formula is C15H25N3O3. The van der Waals surface area contributed by atoms with Crippen LogP contribution in [0, 0.1) is 17.2 Å². The van der Waals surface area contributed by atoms with E-state index < -0.39 is 0 Å². The molecule has 21 heavy (non-hydrogen) atoms. The predicted octanol–water partition coefficient (Wildman–Crippen LogP) is 1.02. The van der Waals surface area contributed by atoms with E-state index >= 15 is 0 Å². The van der Waals surface area contributed by atoms with Crippen LogP contribution in [-0.2, 0) is 14.3 Å². The van der Waals surface area contributed by atoms with Crippen molar-refractivity contribution in [3.63, 3.8) is 0 Å². The van der Waals surface area contributed by atoms with E-state index in [4.69, 9.17) is 10.00 Å². The molecule has 0 aromatic rings. The van der Waals surface area contributed by atoms with Crippen LogP contribution in [0.1, 0.15) is 32.6 Å². The van der Waals surface area contributed by atoms with Gasteiger partial charge in [0, 0.05) is 33.1 Å². The summed E-state index contributed by atoms with van der Waals surface area (Å²) >= 11 is 0. The van der Waals surface area contributed by atoms with E-state index in [2.05, 4.69) is 4.90 Å². The van der Waals surface area contributed by atoms with Gasteiger partial charge in [-0.25, -0.2) is 0 Å². The lowest BCUT2D eigenvalue weighted by Crippen LogP contribution is -2.41. The summed E-state index contributed by atoms with van der Waals surface area (Å²) < 4.78 is 5.07. The van der Waals surface area contributed by atoms with Crippen molar-refractivity contribution >= 4 is 11.9 Å². The Hall–Kier alpha value is -1.61. The molecule has 1 heterocycles. The highest BCUT2D eigenvalue weighted by Crippen LogP contribution is 2.18. The lowest BCUT2D eigenvalue weighted by molar-refractivity contribution is -0.149. The van der Waals surface area contributed by atoms with Crippen molar-refractivity contribution in [3.8, 4) is 6.07 Å². The molecule has 0 bridgehead atoms. The molecule has 1 amide bonds. The summed E-state index contributed by atoms with van der Waals surface area (Å²) in [5.41, 5.74) is 0. The summed E-state index contributed by atoms with van der Waals surface area (Å²) in [4.78, 5) is 27.4. The number of esters is 1.